The van der Waals surface area contributed by atoms with Crippen LogP contribution in [0.15, 0.2) is 12.4 Å². The highest BCUT2D eigenvalue weighted by Crippen LogP contribution is 2.32. The van der Waals surface area contributed by atoms with Crippen LogP contribution in [0.5, 0.6) is 0 Å². The van der Waals surface area contributed by atoms with Gasteiger partial charge in [0.25, 0.3) is 0 Å². The van der Waals surface area contributed by atoms with E-state index >= 15 is 0 Å². The van der Waals surface area contributed by atoms with Gasteiger partial charge < -0.3 is 10.1 Å². The summed E-state index contributed by atoms with van der Waals surface area (Å²) in [6.45, 7) is 6.59. The molecule has 0 saturated carbocycles. The third-order valence-electron chi connectivity index (χ3n) is 4.17. The second-order valence-electron chi connectivity index (χ2n) is 6.52. The van der Waals surface area contributed by atoms with Crippen molar-refractivity contribution in [2.24, 2.45) is 13.0 Å². The van der Waals surface area contributed by atoms with E-state index in [9.17, 15) is 4.79 Å². The van der Waals surface area contributed by atoms with Crippen LogP contribution in [0.3, 0.4) is 0 Å². The lowest BCUT2D eigenvalue weighted by atomic mass is 9.99. The molecule has 0 unspecified atom stereocenters. The molecule has 0 aromatic carbocycles. The van der Waals surface area contributed by atoms with Crippen LogP contribution in [0.1, 0.15) is 25.8 Å². The molecule has 2 bridgehead atoms. The van der Waals surface area contributed by atoms with E-state index in [1.165, 1.54) is 5.56 Å². The summed E-state index contributed by atoms with van der Waals surface area (Å²) < 4.78 is 7.79. The third kappa shape index (κ3) is 3.27. The van der Waals surface area contributed by atoms with Gasteiger partial charge in [0.15, 0.2) is 0 Å². The number of aromatic nitrogens is 2. The van der Waals surface area contributed by atoms with Crippen LogP contribution in [0.25, 0.3) is 0 Å². The van der Waals surface area contributed by atoms with Gasteiger partial charge in [-0.2, -0.15) is 5.10 Å². The molecule has 3 heterocycles. The van der Waals surface area contributed by atoms with Gasteiger partial charge in [-0.25, -0.2) is 0 Å². The van der Waals surface area contributed by atoms with E-state index in [1.54, 1.807) is 0 Å². The number of rotatable bonds is 4. The quantitative estimate of drug-likeness (QED) is 0.879. The summed E-state index contributed by atoms with van der Waals surface area (Å²) in [4.78, 5) is 14.6. The molecule has 3 rings (SSSR count). The molecule has 3 atom stereocenters. The first-order chi connectivity index (χ1) is 10.0. The first kappa shape index (κ1) is 14.5. The second kappa shape index (κ2) is 5.77. The van der Waals surface area contributed by atoms with E-state index in [-0.39, 0.29) is 30.1 Å². The lowest BCUT2D eigenvalue weighted by Crippen LogP contribution is -2.45. The van der Waals surface area contributed by atoms with Crippen LogP contribution in [0.2, 0.25) is 0 Å². The Morgan fingerprint density at radius 2 is 2.33 bits per heavy atom. The zero-order chi connectivity index (χ0) is 15.0. The lowest BCUT2D eigenvalue weighted by molar-refractivity contribution is -0.128. The Balaban J connectivity index is 1.60. The Labute approximate surface area is 125 Å². The maximum Gasteiger partial charge on any atom is 0.226 e. The van der Waals surface area contributed by atoms with Crippen molar-refractivity contribution in [1.82, 2.24) is 20.0 Å². The molecule has 1 N–H and O–H groups in total. The van der Waals surface area contributed by atoms with E-state index in [4.69, 9.17) is 4.74 Å². The van der Waals surface area contributed by atoms with Crippen molar-refractivity contribution in [3.63, 3.8) is 0 Å². The lowest BCUT2D eigenvalue weighted by Gasteiger charge is -2.32. The highest BCUT2D eigenvalue weighted by Gasteiger charge is 2.44. The summed E-state index contributed by atoms with van der Waals surface area (Å²) in [5.74, 6) is 0.136. The minimum atomic E-state index is -0.00343. The minimum Gasteiger partial charge on any atom is -0.371 e. The zero-order valence-electron chi connectivity index (χ0n) is 13.0. The molecule has 2 aliphatic heterocycles. The van der Waals surface area contributed by atoms with Gasteiger partial charge >= 0.3 is 0 Å². The fourth-order valence-corrected chi connectivity index (χ4v) is 3.35. The van der Waals surface area contributed by atoms with Gasteiger partial charge in [0.2, 0.25) is 5.91 Å². The Hall–Kier alpha value is -1.40. The fraction of sp³-hybridized carbons (Fsp3) is 0.733. The van der Waals surface area contributed by atoms with Gasteiger partial charge in [-0.05, 0) is 20.3 Å². The number of carbonyl (C=O) groups is 1. The normalized spacial score (nSPS) is 29.0. The number of hydrogen-bond donors (Lipinski definition) is 1. The second-order valence-corrected chi connectivity index (χ2v) is 6.52. The van der Waals surface area contributed by atoms with Gasteiger partial charge in [0.1, 0.15) is 0 Å². The number of nitrogens with zero attached hydrogens (tertiary/aromatic N) is 3. The number of likely N-dealkylation sites (tertiary alicyclic amines) is 1. The number of ether oxygens (including phenoxy) is 1. The Morgan fingerprint density at radius 3 is 3.00 bits per heavy atom. The van der Waals surface area contributed by atoms with Crippen LogP contribution in [-0.4, -0.2) is 51.9 Å². The molecule has 0 radical (unpaired) electrons. The molecule has 6 nitrogen and oxygen atoms in total. The SMILES string of the molecule is CC(C)NC(=O)[C@H]1C[C@@H]2CN(Cc3cnn(C)c3)C[C@H]1O2. The molecule has 21 heavy (non-hydrogen) atoms. The van der Waals surface area contributed by atoms with Gasteiger partial charge in [-0.1, -0.05) is 0 Å². The predicted molar refractivity (Wildman–Crippen MR) is 78.5 cm³/mol. The Kier molecular flexibility index (Phi) is 3.99. The van der Waals surface area contributed by atoms with Crippen molar-refractivity contribution < 1.29 is 9.53 Å². The molecule has 2 saturated heterocycles. The minimum absolute atomic E-state index is 0.00343. The molecule has 1 amide bonds. The average Bonchev–Trinajstić information content (AvgIpc) is 2.92. The van der Waals surface area contributed by atoms with E-state index < -0.39 is 0 Å². The van der Waals surface area contributed by atoms with Crippen molar-refractivity contribution in [2.45, 2.75) is 45.1 Å². The smallest absolute Gasteiger partial charge is 0.226 e. The Bertz CT molecular complexity index is 514. The topological polar surface area (TPSA) is 59.4 Å². The van der Waals surface area contributed by atoms with Crippen LogP contribution in [-0.2, 0) is 23.1 Å². The Morgan fingerprint density at radius 1 is 1.52 bits per heavy atom. The number of hydrogen-bond acceptors (Lipinski definition) is 4. The summed E-state index contributed by atoms with van der Waals surface area (Å²) in [6.07, 6.45) is 5.00. The number of amides is 1. The molecular weight excluding hydrogens is 268 g/mol. The summed E-state index contributed by atoms with van der Waals surface area (Å²) >= 11 is 0. The summed E-state index contributed by atoms with van der Waals surface area (Å²) in [6, 6.07) is 0.185. The highest BCUT2D eigenvalue weighted by molar-refractivity contribution is 5.80. The highest BCUT2D eigenvalue weighted by atomic mass is 16.5. The number of morpholine rings is 1. The maximum absolute atomic E-state index is 12.2. The largest absolute Gasteiger partial charge is 0.371 e. The van der Waals surface area contributed by atoms with E-state index in [0.29, 0.717) is 0 Å². The molecule has 1 aromatic rings. The van der Waals surface area contributed by atoms with Crippen LogP contribution in [0, 0.1) is 5.92 Å². The third-order valence-corrected chi connectivity index (χ3v) is 4.17. The first-order valence-corrected chi connectivity index (χ1v) is 7.67. The molecule has 0 spiro atoms. The molecule has 2 aliphatic rings. The molecule has 2 fully saturated rings. The van der Waals surface area contributed by atoms with Crippen molar-refractivity contribution in [2.75, 3.05) is 13.1 Å². The molecular formula is C15H24N4O2. The van der Waals surface area contributed by atoms with Crippen molar-refractivity contribution in [3.8, 4) is 0 Å². The molecule has 1 aromatic heterocycles. The van der Waals surface area contributed by atoms with E-state index in [0.717, 1.165) is 26.1 Å². The standard InChI is InChI=1S/C15H24N4O2/c1-10(2)17-15(20)13-4-12-8-19(9-14(13)21-12)7-11-5-16-18(3)6-11/h5-6,10,12-14H,4,7-9H2,1-3H3,(H,17,20)/t12-,13+,14-/m1/s1. The van der Waals surface area contributed by atoms with Crippen molar-refractivity contribution in [3.05, 3.63) is 18.0 Å². The van der Waals surface area contributed by atoms with Crippen LogP contribution >= 0.6 is 0 Å². The predicted octanol–water partition coefficient (Wildman–Crippen LogP) is 0.534. The van der Waals surface area contributed by atoms with E-state index in [1.807, 2.05) is 38.0 Å². The molecule has 116 valence electrons. The van der Waals surface area contributed by atoms with Gasteiger partial charge in [0.05, 0.1) is 24.3 Å². The van der Waals surface area contributed by atoms with Crippen LogP contribution < -0.4 is 5.32 Å². The van der Waals surface area contributed by atoms with Crippen molar-refractivity contribution >= 4 is 5.91 Å². The first-order valence-electron chi connectivity index (χ1n) is 7.67. The van der Waals surface area contributed by atoms with E-state index in [2.05, 4.69) is 15.3 Å². The zero-order valence-corrected chi connectivity index (χ0v) is 13.0. The summed E-state index contributed by atoms with van der Waals surface area (Å²) in [5.41, 5.74) is 1.21. The average molecular weight is 292 g/mol. The number of fused-ring (bicyclic) bond motifs is 2. The van der Waals surface area contributed by atoms with Gasteiger partial charge in [-0.15, -0.1) is 0 Å². The maximum atomic E-state index is 12.2. The van der Waals surface area contributed by atoms with Crippen molar-refractivity contribution in [1.29, 1.82) is 0 Å². The molecule has 6 heteroatoms. The summed E-state index contributed by atoms with van der Waals surface area (Å²) in [5, 5.41) is 7.22. The van der Waals surface area contributed by atoms with Crippen LogP contribution in [0.4, 0.5) is 0 Å². The number of nitrogens with one attached hydrogen (secondary N) is 1. The summed E-state index contributed by atoms with van der Waals surface area (Å²) in [7, 11) is 1.93. The number of aryl methyl sites for hydroxylation is 1. The number of carbonyl (C=O) groups excluding carboxylic acids is 1. The van der Waals surface area contributed by atoms with Gasteiger partial charge in [0, 0.05) is 44.5 Å². The van der Waals surface area contributed by atoms with Gasteiger partial charge in [-0.3, -0.25) is 14.4 Å². The monoisotopic (exact) mass is 292 g/mol. The molecule has 0 aliphatic carbocycles. The fourth-order valence-electron chi connectivity index (χ4n) is 3.35.